The molecule has 20 heavy (non-hydrogen) atoms. The van der Waals surface area contributed by atoms with Crippen molar-refractivity contribution in [3.8, 4) is 0 Å². The highest BCUT2D eigenvalue weighted by molar-refractivity contribution is 5.77. The van der Waals surface area contributed by atoms with Gasteiger partial charge in [0.2, 0.25) is 5.91 Å². The molecule has 0 heterocycles. The van der Waals surface area contributed by atoms with Crippen LogP contribution in [-0.4, -0.2) is 28.0 Å². The van der Waals surface area contributed by atoms with Crippen LogP contribution >= 0.6 is 0 Å². The average molecular weight is 286 g/mol. The van der Waals surface area contributed by atoms with Crippen LogP contribution in [-0.2, 0) is 9.59 Å². The number of amides is 1. The molecule has 0 saturated carbocycles. The zero-order valence-electron chi connectivity index (χ0n) is 13.4. The van der Waals surface area contributed by atoms with Gasteiger partial charge in [-0.3, -0.25) is 14.6 Å². The number of carbonyl (C=O) groups is 2. The van der Waals surface area contributed by atoms with Crippen LogP contribution in [0.3, 0.4) is 0 Å². The second-order valence-corrected chi connectivity index (χ2v) is 6.14. The van der Waals surface area contributed by atoms with E-state index in [0.717, 1.165) is 17.9 Å². The van der Waals surface area contributed by atoms with Crippen molar-refractivity contribution >= 4 is 11.9 Å². The van der Waals surface area contributed by atoms with Gasteiger partial charge in [-0.15, -0.1) is 0 Å². The van der Waals surface area contributed by atoms with E-state index in [1.54, 1.807) is 0 Å². The van der Waals surface area contributed by atoms with Crippen LogP contribution in [0.5, 0.6) is 0 Å². The number of hydrogen-bond donors (Lipinski definition) is 2. The van der Waals surface area contributed by atoms with Crippen LogP contribution < -0.4 is 5.84 Å². The maximum Gasteiger partial charge on any atom is 0.305 e. The summed E-state index contributed by atoms with van der Waals surface area (Å²) in [6.07, 6.45) is 1.97. The first-order chi connectivity index (χ1) is 9.20. The third kappa shape index (κ3) is 6.37. The third-order valence-corrected chi connectivity index (χ3v) is 4.11. The Balaban J connectivity index is 4.83. The molecule has 3 atom stereocenters. The number of aliphatic carboxylic acids is 1. The minimum absolute atomic E-state index is 0.0594. The number of nitrogens with two attached hydrogens (primary N) is 1. The summed E-state index contributed by atoms with van der Waals surface area (Å²) in [5.74, 6) is 5.63. The lowest BCUT2D eigenvalue weighted by molar-refractivity contribution is -0.143. The Hall–Kier alpha value is -1.10. The van der Waals surface area contributed by atoms with Crippen molar-refractivity contribution in [2.75, 3.05) is 0 Å². The molecule has 0 rings (SSSR count). The highest BCUT2D eigenvalue weighted by Gasteiger charge is 2.30. The summed E-state index contributed by atoms with van der Waals surface area (Å²) in [5, 5.41) is 10.2. The number of rotatable bonds is 9. The van der Waals surface area contributed by atoms with Crippen molar-refractivity contribution in [1.82, 2.24) is 5.01 Å². The summed E-state index contributed by atoms with van der Waals surface area (Å²) >= 11 is 0. The molecule has 5 nitrogen and oxygen atoms in total. The van der Waals surface area contributed by atoms with Crippen molar-refractivity contribution in [2.45, 2.75) is 66.3 Å². The molecule has 0 radical (unpaired) electrons. The second-order valence-electron chi connectivity index (χ2n) is 6.14. The standard InChI is InChI=1S/C15H30N2O3/c1-6-11(4)12(5)13(9-15(19)20)17(16)14(18)8-7-10(2)3/h10-13H,6-9,16H2,1-5H3,(H,19,20). The fourth-order valence-electron chi connectivity index (χ4n) is 2.19. The van der Waals surface area contributed by atoms with Crippen molar-refractivity contribution in [3.63, 3.8) is 0 Å². The molecule has 0 spiro atoms. The molecule has 0 saturated heterocycles. The Bertz CT molecular complexity index is 318. The van der Waals surface area contributed by atoms with Crippen molar-refractivity contribution in [1.29, 1.82) is 0 Å². The number of nitrogens with zero attached hydrogens (tertiary/aromatic N) is 1. The molecule has 0 aromatic heterocycles. The molecule has 118 valence electrons. The van der Waals surface area contributed by atoms with Gasteiger partial charge in [0.25, 0.3) is 0 Å². The Morgan fingerprint density at radius 1 is 1.20 bits per heavy atom. The molecule has 5 heteroatoms. The van der Waals surface area contributed by atoms with Gasteiger partial charge in [-0.25, -0.2) is 5.84 Å². The number of hydrogen-bond acceptors (Lipinski definition) is 3. The van der Waals surface area contributed by atoms with Gasteiger partial charge in [-0.2, -0.15) is 0 Å². The first-order valence-electron chi connectivity index (χ1n) is 7.49. The molecule has 1 amide bonds. The topological polar surface area (TPSA) is 83.6 Å². The largest absolute Gasteiger partial charge is 0.481 e. The Morgan fingerprint density at radius 2 is 1.75 bits per heavy atom. The number of carboxylic acids is 1. The predicted octanol–water partition coefficient (Wildman–Crippen LogP) is 2.65. The lowest BCUT2D eigenvalue weighted by atomic mass is 9.85. The molecule has 0 aliphatic heterocycles. The quantitative estimate of drug-likeness (QED) is 0.388. The number of carboxylic acid groups (broad SMARTS) is 1. The second kappa shape index (κ2) is 8.95. The van der Waals surface area contributed by atoms with E-state index in [1.165, 1.54) is 0 Å². The summed E-state index contributed by atoms with van der Waals surface area (Å²) in [6, 6.07) is -0.442. The molecule has 3 unspecified atom stereocenters. The zero-order valence-corrected chi connectivity index (χ0v) is 13.4. The fourth-order valence-corrected chi connectivity index (χ4v) is 2.19. The molecule has 0 aromatic carbocycles. The van der Waals surface area contributed by atoms with Crippen molar-refractivity contribution in [3.05, 3.63) is 0 Å². The monoisotopic (exact) mass is 286 g/mol. The minimum Gasteiger partial charge on any atom is -0.481 e. The van der Waals surface area contributed by atoms with Crippen molar-refractivity contribution < 1.29 is 14.7 Å². The molecule has 0 fully saturated rings. The van der Waals surface area contributed by atoms with Gasteiger partial charge >= 0.3 is 5.97 Å². The zero-order chi connectivity index (χ0) is 15.9. The van der Waals surface area contributed by atoms with Gasteiger partial charge in [0, 0.05) is 6.42 Å². The van der Waals surface area contributed by atoms with Crippen LogP contribution in [0, 0.1) is 17.8 Å². The van der Waals surface area contributed by atoms with E-state index in [-0.39, 0.29) is 18.2 Å². The van der Waals surface area contributed by atoms with Gasteiger partial charge in [0.1, 0.15) is 0 Å². The van der Waals surface area contributed by atoms with Gasteiger partial charge in [-0.1, -0.05) is 41.0 Å². The summed E-state index contributed by atoms with van der Waals surface area (Å²) in [4.78, 5) is 23.1. The molecule has 0 bridgehead atoms. The van der Waals surface area contributed by atoms with E-state index in [2.05, 4.69) is 13.8 Å². The smallest absolute Gasteiger partial charge is 0.305 e. The molecule has 3 N–H and O–H groups in total. The van der Waals surface area contributed by atoms with Crippen LogP contribution in [0.15, 0.2) is 0 Å². The van der Waals surface area contributed by atoms with Crippen molar-refractivity contribution in [2.24, 2.45) is 23.6 Å². The fraction of sp³-hybridized carbons (Fsp3) is 0.867. The van der Waals surface area contributed by atoms with Gasteiger partial charge in [-0.05, 0) is 24.2 Å². The minimum atomic E-state index is -0.919. The molecule has 0 aliphatic rings. The van der Waals surface area contributed by atoms with E-state index in [1.807, 2.05) is 20.8 Å². The summed E-state index contributed by atoms with van der Waals surface area (Å²) < 4.78 is 0. The van der Waals surface area contributed by atoms with E-state index >= 15 is 0 Å². The third-order valence-electron chi connectivity index (χ3n) is 4.11. The van der Waals surface area contributed by atoms with Crippen LogP contribution in [0.2, 0.25) is 0 Å². The lowest BCUT2D eigenvalue weighted by Gasteiger charge is -2.34. The highest BCUT2D eigenvalue weighted by Crippen LogP contribution is 2.24. The molecular formula is C15H30N2O3. The van der Waals surface area contributed by atoms with Gasteiger partial charge in [0.15, 0.2) is 0 Å². The molecule has 0 aliphatic carbocycles. The normalized spacial score (nSPS) is 15.8. The van der Waals surface area contributed by atoms with E-state index in [0.29, 0.717) is 18.3 Å². The van der Waals surface area contributed by atoms with Gasteiger partial charge < -0.3 is 5.11 Å². The van der Waals surface area contributed by atoms with Crippen LogP contribution in [0.1, 0.15) is 60.3 Å². The molecular weight excluding hydrogens is 256 g/mol. The van der Waals surface area contributed by atoms with Crippen LogP contribution in [0.4, 0.5) is 0 Å². The van der Waals surface area contributed by atoms with Crippen LogP contribution in [0.25, 0.3) is 0 Å². The Labute approximate surface area is 122 Å². The maximum absolute atomic E-state index is 12.1. The van der Waals surface area contributed by atoms with E-state index in [9.17, 15) is 9.59 Å². The Morgan fingerprint density at radius 3 is 2.15 bits per heavy atom. The first-order valence-corrected chi connectivity index (χ1v) is 7.49. The van der Waals surface area contributed by atoms with E-state index < -0.39 is 12.0 Å². The Kier molecular flexibility index (Phi) is 8.46. The van der Waals surface area contributed by atoms with Gasteiger partial charge in [0.05, 0.1) is 12.5 Å². The first kappa shape index (κ1) is 18.9. The predicted molar refractivity (Wildman–Crippen MR) is 79.8 cm³/mol. The highest BCUT2D eigenvalue weighted by atomic mass is 16.4. The molecule has 0 aromatic rings. The summed E-state index contributed by atoms with van der Waals surface area (Å²) in [7, 11) is 0. The number of hydrazine groups is 1. The number of carbonyl (C=O) groups excluding carboxylic acids is 1. The summed E-state index contributed by atoms with van der Waals surface area (Å²) in [6.45, 7) is 10.2. The summed E-state index contributed by atoms with van der Waals surface area (Å²) in [5.41, 5.74) is 0. The lowest BCUT2D eigenvalue weighted by Crippen LogP contribution is -2.50. The average Bonchev–Trinajstić information content (AvgIpc) is 2.39. The SMILES string of the molecule is CCC(C)C(C)C(CC(=O)O)N(N)C(=O)CCC(C)C. The van der Waals surface area contributed by atoms with E-state index in [4.69, 9.17) is 10.9 Å². The maximum atomic E-state index is 12.1.